The van der Waals surface area contributed by atoms with Gasteiger partial charge in [-0.2, -0.15) is 0 Å². The smallest absolute Gasteiger partial charge is 0.127 e. The lowest BCUT2D eigenvalue weighted by atomic mass is 10.1. The maximum absolute atomic E-state index is 13.7. The third-order valence-corrected chi connectivity index (χ3v) is 5.06. The quantitative estimate of drug-likeness (QED) is 0.290. The van der Waals surface area contributed by atoms with Crippen LogP contribution in [0.25, 0.3) is 10.4 Å². The molecule has 28 heavy (non-hydrogen) atoms. The standard InChI is InChI=1S/C19H18F2N6S/c1-12(2)18-19(28-16-7-14(20)6-15(21)8-16)27(17(25-18)10-24-26-22)11-13-4-3-5-23-9-13/h3-9,12H,10-11H2,1-2H3. The van der Waals surface area contributed by atoms with Crippen molar-refractivity contribution < 1.29 is 8.78 Å². The Bertz CT molecular complexity index is 993. The van der Waals surface area contributed by atoms with E-state index in [1.807, 2.05) is 30.5 Å². The lowest BCUT2D eigenvalue weighted by Crippen LogP contribution is -2.06. The monoisotopic (exact) mass is 400 g/mol. The third-order valence-electron chi connectivity index (χ3n) is 3.96. The summed E-state index contributed by atoms with van der Waals surface area (Å²) in [5.41, 5.74) is 10.4. The summed E-state index contributed by atoms with van der Waals surface area (Å²) in [6, 6.07) is 7.17. The molecule has 0 saturated carbocycles. The minimum atomic E-state index is -0.638. The molecule has 0 unspecified atom stereocenters. The highest BCUT2D eigenvalue weighted by molar-refractivity contribution is 7.99. The molecule has 0 saturated heterocycles. The molecule has 0 amide bonds. The molecule has 0 fully saturated rings. The van der Waals surface area contributed by atoms with Crippen LogP contribution in [0.1, 0.15) is 36.8 Å². The molecule has 3 rings (SSSR count). The second-order valence-corrected chi connectivity index (χ2v) is 7.48. The van der Waals surface area contributed by atoms with Crippen LogP contribution in [0.3, 0.4) is 0 Å². The number of imidazole rings is 1. The number of azide groups is 1. The Labute approximate surface area is 165 Å². The van der Waals surface area contributed by atoms with Gasteiger partial charge < -0.3 is 4.57 Å². The van der Waals surface area contributed by atoms with Crippen molar-refractivity contribution in [2.24, 2.45) is 5.11 Å². The van der Waals surface area contributed by atoms with Crippen LogP contribution in [0, 0.1) is 11.6 Å². The molecule has 9 heteroatoms. The predicted octanol–water partition coefficient (Wildman–Crippen LogP) is 5.69. The second-order valence-electron chi connectivity index (χ2n) is 6.42. The molecule has 0 bridgehead atoms. The zero-order chi connectivity index (χ0) is 20.1. The lowest BCUT2D eigenvalue weighted by Gasteiger charge is -2.13. The zero-order valence-corrected chi connectivity index (χ0v) is 16.2. The lowest BCUT2D eigenvalue weighted by molar-refractivity contribution is 0.577. The second kappa shape index (κ2) is 8.86. The fourth-order valence-corrected chi connectivity index (χ4v) is 3.97. The summed E-state index contributed by atoms with van der Waals surface area (Å²) in [6.45, 7) is 4.51. The van der Waals surface area contributed by atoms with Crippen molar-refractivity contribution in [1.82, 2.24) is 14.5 Å². The Morgan fingerprint density at radius 2 is 2.00 bits per heavy atom. The molecule has 0 aliphatic rings. The van der Waals surface area contributed by atoms with Crippen LogP contribution in [0.15, 0.2) is 57.8 Å². The highest BCUT2D eigenvalue weighted by atomic mass is 32.2. The van der Waals surface area contributed by atoms with Gasteiger partial charge in [0.05, 0.1) is 18.8 Å². The van der Waals surface area contributed by atoms with E-state index in [-0.39, 0.29) is 12.5 Å². The Balaban J connectivity index is 2.10. The van der Waals surface area contributed by atoms with Crippen LogP contribution < -0.4 is 0 Å². The summed E-state index contributed by atoms with van der Waals surface area (Å²) in [5.74, 6) is -0.618. The minimum Gasteiger partial charge on any atom is -0.318 e. The molecule has 0 atom stereocenters. The first-order valence-electron chi connectivity index (χ1n) is 8.61. The highest BCUT2D eigenvalue weighted by Gasteiger charge is 2.21. The summed E-state index contributed by atoms with van der Waals surface area (Å²) >= 11 is 1.24. The van der Waals surface area contributed by atoms with Crippen molar-refractivity contribution >= 4 is 11.8 Å². The first-order valence-corrected chi connectivity index (χ1v) is 9.42. The SMILES string of the molecule is CC(C)c1nc(CN=[N+]=[N-])n(Cc2cccnc2)c1Sc1cc(F)cc(F)c1. The molecule has 6 nitrogen and oxygen atoms in total. The van der Waals surface area contributed by atoms with Crippen molar-refractivity contribution in [2.75, 3.05) is 0 Å². The van der Waals surface area contributed by atoms with E-state index in [0.717, 1.165) is 22.3 Å². The molecule has 0 radical (unpaired) electrons. The number of pyridine rings is 1. The number of hydrogen-bond acceptors (Lipinski definition) is 4. The van der Waals surface area contributed by atoms with Gasteiger partial charge >= 0.3 is 0 Å². The van der Waals surface area contributed by atoms with Crippen molar-refractivity contribution in [3.63, 3.8) is 0 Å². The van der Waals surface area contributed by atoms with E-state index in [2.05, 4.69) is 20.0 Å². The molecule has 144 valence electrons. The van der Waals surface area contributed by atoms with E-state index < -0.39 is 11.6 Å². The third kappa shape index (κ3) is 4.68. The van der Waals surface area contributed by atoms with Gasteiger partial charge in [-0.25, -0.2) is 13.8 Å². The van der Waals surface area contributed by atoms with Crippen LogP contribution in [0.5, 0.6) is 0 Å². The average molecular weight is 400 g/mol. The summed E-state index contributed by atoms with van der Waals surface area (Å²) in [7, 11) is 0. The molecule has 2 heterocycles. The van der Waals surface area contributed by atoms with Crippen molar-refractivity contribution in [2.45, 2.75) is 42.8 Å². The highest BCUT2D eigenvalue weighted by Crippen LogP contribution is 2.36. The van der Waals surface area contributed by atoms with E-state index in [4.69, 9.17) is 5.53 Å². The number of halogens is 2. The maximum Gasteiger partial charge on any atom is 0.127 e. The van der Waals surface area contributed by atoms with Crippen LogP contribution >= 0.6 is 11.8 Å². The van der Waals surface area contributed by atoms with Crippen LogP contribution in [0.2, 0.25) is 0 Å². The van der Waals surface area contributed by atoms with Crippen LogP contribution in [-0.2, 0) is 13.1 Å². The first kappa shape index (κ1) is 19.9. The Kier molecular flexibility index (Phi) is 6.28. The fraction of sp³-hybridized carbons (Fsp3) is 0.263. The molecule has 2 aromatic heterocycles. The van der Waals surface area contributed by atoms with E-state index in [1.165, 1.54) is 23.9 Å². The molecule has 0 aliphatic heterocycles. The van der Waals surface area contributed by atoms with Crippen molar-refractivity contribution in [3.8, 4) is 0 Å². The number of rotatable bonds is 7. The molecule has 3 aromatic rings. The Morgan fingerprint density at radius 1 is 1.25 bits per heavy atom. The van der Waals surface area contributed by atoms with Gasteiger partial charge in [0.1, 0.15) is 22.5 Å². The van der Waals surface area contributed by atoms with E-state index in [0.29, 0.717) is 17.3 Å². The number of hydrogen-bond donors (Lipinski definition) is 0. The van der Waals surface area contributed by atoms with Gasteiger partial charge in [0, 0.05) is 28.3 Å². The predicted molar refractivity (Wildman–Crippen MR) is 103 cm³/mol. The van der Waals surface area contributed by atoms with Crippen molar-refractivity contribution in [1.29, 1.82) is 0 Å². The first-order chi connectivity index (χ1) is 13.5. The Hall–Kier alpha value is -2.90. The summed E-state index contributed by atoms with van der Waals surface area (Å²) < 4.78 is 29.3. The topological polar surface area (TPSA) is 79.5 Å². The molecular weight excluding hydrogens is 382 g/mol. The molecule has 0 N–H and O–H groups in total. The average Bonchev–Trinajstić information content (AvgIpc) is 2.97. The van der Waals surface area contributed by atoms with Gasteiger partial charge in [0.25, 0.3) is 0 Å². The normalized spacial score (nSPS) is 10.9. The van der Waals surface area contributed by atoms with Crippen LogP contribution in [0.4, 0.5) is 8.78 Å². The van der Waals surface area contributed by atoms with Gasteiger partial charge in [-0.05, 0) is 35.2 Å². The molecule has 0 aliphatic carbocycles. The number of aromatic nitrogens is 3. The van der Waals surface area contributed by atoms with E-state index >= 15 is 0 Å². The van der Waals surface area contributed by atoms with Gasteiger partial charge in [-0.3, -0.25) is 4.98 Å². The number of nitrogens with zero attached hydrogens (tertiary/aromatic N) is 6. The summed E-state index contributed by atoms with van der Waals surface area (Å²) in [5, 5.41) is 4.40. The van der Waals surface area contributed by atoms with Crippen LogP contribution in [-0.4, -0.2) is 14.5 Å². The van der Waals surface area contributed by atoms with Gasteiger partial charge in [0.15, 0.2) is 0 Å². The molecular formula is C19H18F2N6S. The van der Waals surface area contributed by atoms with E-state index in [1.54, 1.807) is 12.4 Å². The van der Waals surface area contributed by atoms with Crippen molar-refractivity contribution in [3.05, 3.63) is 81.9 Å². The summed E-state index contributed by atoms with van der Waals surface area (Å²) in [6.07, 6.45) is 3.42. The Morgan fingerprint density at radius 3 is 2.61 bits per heavy atom. The van der Waals surface area contributed by atoms with E-state index in [9.17, 15) is 8.78 Å². The maximum atomic E-state index is 13.7. The summed E-state index contributed by atoms with van der Waals surface area (Å²) in [4.78, 5) is 12.0. The molecule has 0 spiro atoms. The van der Waals surface area contributed by atoms with Gasteiger partial charge in [0.2, 0.25) is 0 Å². The van der Waals surface area contributed by atoms with Gasteiger partial charge in [-0.1, -0.05) is 36.8 Å². The number of benzene rings is 1. The zero-order valence-electron chi connectivity index (χ0n) is 15.4. The fourth-order valence-electron chi connectivity index (χ4n) is 2.74. The largest absolute Gasteiger partial charge is 0.318 e. The molecule has 1 aromatic carbocycles. The minimum absolute atomic E-state index is 0.0702. The van der Waals surface area contributed by atoms with Gasteiger partial charge in [-0.15, -0.1) is 0 Å².